The molecule has 5 aromatic rings. The van der Waals surface area contributed by atoms with Crippen LogP contribution in [0.2, 0.25) is 0 Å². The molecule has 0 fully saturated rings. The van der Waals surface area contributed by atoms with E-state index in [0.29, 0.717) is 0 Å². The van der Waals surface area contributed by atoms with Gasteiger partial charge in [-0.3, -0.25) is 0 Å². The number of fused-ring (bicyclic) bond motifs is 3. The molecule has 0 N–H and O–H groups in total. The van der Waals surface area contributed by atoms with Crippen molar-refractivity contribution in [3.63, 3.8) is 0 Å². The van der Waals surface area contributed by atoms with Gasteiger partial charge in [0.2, 0.25) is 0 Å². The van der Waals surface area contributed by atoms with Gasteiger partial charge in [-0.15, -0.1) is 0 Å². The summed E-state index contributed by atoms with van der Waals surface area (Å²) in [7, 11) is 0. The van der Waals surface area contributed by atoms with E-state index in [1.807, 2.05) is 6.07 Å². The first kappa shape index (κ1) is 17.6. The molecule has 4 aromatic carbocycles. The van der Waals surface area contributed by atoms with Gasteiger partial charge in [0, 0.05) is 10.9 Å². The van der Waals surface area contributed by atoms with E-state index in [-0.39, 0.29) is 5.92 Å². The van der Waals surface area contributed by atoms with E-state index < -0.39 is 0 Å². The van der Waals surface area contributed by atoms with E-state index in [2.05, 4.69) is 98.8 Å². The number of hydrogen-bond acceptors (Lipinski definition) is 2. The summed E-state index contributed by atoms with van der Waals surface area (Å²) in [5, 5.41) is 2.33. The Morgan fingerprint density at radius 3 is 2.10 bits per heavy atom. The van der Waals surface area contributed by atoms with Crippen LogP contribution in [0.3, 0.4) is 0 Å². The third-order valence-electron chi connectivity index (χ3n) is 5.40. The molecule has 0 unspecified atom stereocenters. The molecule has 1 heterocycles. The van der Waals surface area contributed by atoms with Crippen LogP contribution in [0.25, 0.3) is 44.2 Å². The second-order valence-electron chi connectivity index (χ2n) is 7.68. The number of hydrogen-bond donors (Lipinski definition) is 0. The first-order valence-electron chi connectivity index (χ1n) is 10.1. The van der Waals surface area contributed by atoms with Gasteiger partial charge in [-0.25, -0.2) is 9.97 Å². The van der Waals surface area contributed by atoms with Gasteiger partial charge in [0.15, 0.2) is 0 Å². The fraction of sp³-hybridized carbons (Fsp3) is 0.111. The Morgan fingerprint density at radius 1 is 0.621 bits per heavy atom. The first-order chi connectivity index (χ1) is 14.2. The normalized spacial score (nSPS) is 11.4. The van der Waals surface area contributed by atoms with Crippen LogP contribution in [0.5, 0.6) is 0 Å². The number of nitrogens with zero attached hydrogens (tertiary/aromatic N) is 2. The van der Waals surface area contributed by atoms with Gasteiger partial charge >= 0.3 is 0 Å². The van der Waals surface area contributed by atoms with Gasteiger partial charge in [0.1, 0.15) is 0 Å². The molecule has 0 spiro atoms. The quantitative estimate of drug-likeness (QED) is 0.311. The smallest absolute Gasteiger partial charge is 0.0972 e. The number of aromatic nitrogens is 2. The maximum absolute atomic E-state index is 5.22. The zero-order valence-corrected chi connectivity index (χ0v) is 16.6. The minimum Gasteiger partial charge on any atom is -0.249 e. The molecule has 0 atom stereocenters. The van der Waals surface area contributed by atoms with Crippen molar-refractivity contribution in [1.82, 2.24) is 9.97 Å². The van der Waals surface area contributed by atoms with Gasteiger partial charge < -0.3 is 0 Å². The zero-order chi connectivity index (χ0) is 19.8. The zero-order valence-electron chi connectivity index (χ0n) is 16.6. The van der Waals surface area contributed by atoms with Crippen LogP contribution in [0.15, 0.2) is 91.0 Å². The second kappa shape index (κ2) is 7.14. The molecule has 0 aliphatic rings. The van der Waals surface area contributed by atoms with Crippen molar-refractivity contribution in [2.45, 2.75) is 19.8 Å². The van der Waals surface area contributed by atoms with Gasteiger partial charge in [-0.1, -0.05) is 98.8 Å². The molecule has 0 saturated carbocycles. The second-order valence-corrected chi connectivity index (χ2v) is 7.68. The minimum atomic E-state index is 0.275. The summed E-state index contributed by atoms with van der Waals surface area (Å²) in [6.07, 6.45) is 0. The van der Waals surface area contributed by atoms with Crippen LogP contribution in [0.1, 0.15) is 25.5 Å². The molecule has 1 aromatic heterocycles. The molecule has 0 aliphatic carbocycles. The highest BCUT2D eigenvalue weighted by molar-refractivity contribution is 6.04. The van der Waals surface area contributed by atoms with Gasteiger partial charge in [-0.2, -0.15) is 0 Å². The van der Waals surface area contributed by atoms with E-state index in [1.165, 1.54) is 16.5 Å². The summed E-state index contributed by atoms with van der Waals surface area (Å²) >= 11 is 0. The fourth-order valence-electron chi connectivity index (χ4n) is 3.96. The standard InChI is InChI=1S/C27H22N2/c1-18(2)25-27(23-15-9-8-13-21(23)19-10-4-3-5-11-19)29-26-22-14-7-6-12-20(22)16-17-24(26)28-25/h3-18H,1-2H3. The van der Waals surface area contributed by atoms with E-state index in [9.17, 15) is 0 Å². The third-order valence-corrected chi connectivity index (χ3v) is 5.40. The molecule has 29 heavy (non-hydrogen) atoms. The van der Waals surface area contributed by atoms with E-state index in [1.54, 1.807) is 0 Å². The van der Waals surface area contributed by atoms with Crippen LogP contribution < -0.4 is 0 Å². The Hall–Kier alpha value is -3.52. The van der Waals surface area contributed by atoms with Crippen LogP contribution >= 0.6 is 0 Å². The molecule has 0 aliphatic heterocycles. The van der Waals surface area contributed by atoms with Crippen LogP contribution in [0.4, 0.5) is 0 Å². The number of rotatable bonds is 3. The molecule has 2 heteroatoms. The third kappa shape index (κ3) is 3.07. The Kier molecular flexibility index (Phi) is 4.33. The topological polar surface area (TPSA) is 25.8 Å². The Bertz CT molecular complexity index is 1320. The lowest BCUT2D eigenvalue weighted by Crippen LogP contribution is -2.02. The van der Waals surface area contributed by atoms with Gasteiger partial charge in [-0.05, 0) is 28.5 Å². The lowest BCUT2D eigenvalue weighted by atomic mass is 9.94. The van der Waals surface area contributed by atoms with Crippen molar-refractivity contribution in [2.24, 2.45) is 0 Å². The predicted molar refractivity (Wildman–Crippen MR) is 122 cm³/mol. The summed E-state index contributed by atoms with van der Waals surface area (Å²) in [4.78, 5) is 10.3. The molecule has 140 valence electrons. The largest absolute Gasteiger partial charge is 0.249 e. The molecule has 0 amide bonds. The average Bonchev–Trinajstić information content (AvgIpc) is 2.78. The van der Waals surface area contributed by atoms with E-state index in [4.69, 9.17) is 9.97 Å². The SMILES string of the molecule is CC(C)c1nc2ccc3ccccc3c2nc1-c1ccccc1-c1ccccc1. The summed E-state index contributed by atoms with van der Waals surface area (Å²) < 4.78 is 0. The van der Waals surface area contributed by atoms with E-state index in [0.717, 1.165) is 33.4 Å². The predicted octanol–water partition coefficient (Wildman–Crippen LogP) is 7.24. The van der Waals surface area contributed by atoms with Crippen LogP contribution in [-0.2, 0) is 0 Å². The molecule has 0 bridgehead atoms. The highest BCUT2D eigenvalue weighted by Gasteiger charge is 2.18. The summed E-state index contributed by atoms with van der Waals surface area (Å²) in [5.41, 5.74) is 7.43. The van der Waals surface area contributed by atoms with Crippen molar-refractivity contribution in [3.05, 3.63) is 96.7 Å². The molecular formula is C27H22N2. The van der Waals surface area contributed by atoms with E-state index >= 15 is 0 Å². The Labute approximate surface area is 170 Å². The van der Waals surface area contributed by atoms with Crippen LogP contribution in [0, 0.1) is 0 Å². The Balaban J connectivity index is 1.85. The monoisotopic (exact) mass is 374 g/mol. The average molecular weight is 374 g/mol. The van der Waals surface area contributed by atoms with Gasteiger partial charge in [0.25, 0.3) is 0 Å². The van der Waals surface area contributed by atoms with Crippen molar-refractivity contribution >= 4 is 21.8 Å². The Morgan fingerprint density at radius 2 is 1.31 bits per heavy atom. The van der Waals surface area contributed by atoms with Crippen molar-refractivity contribution in [1.29, 1.82) is 0 Å². The highest BCUT2D eigenvalue weighted by Crippen LogP contribution is 2.36. The van der Waals surface area contributed by atoms with Gasteiger partial charge in [0.05, 0.1) is 22.4 Å². The molecule has 0 radical (unpaired) electrons. The van der Waals surface area contributed by atoms with Crippen LogP contribution in [-0.4, -0.2) is 9.97 Å². The maximum atomic E-state index is 5.22. The molecule has 5 rings (SSSR count). The minimum absolute atomic E-state index is 0.275. The fourth-order valence-corrected chi connectivity index (χ4v) is 3.96. The molecule has 2 nitrogen and oxygen atoms in total. The summed E-state index contributed by atoms with van der Waals surface area (Å²) in [6, 6.07) is 31.6. The maximum Gasteiger partial charge on any atom is 0.0972 e. The van der Waals surface area contributed by atoms with Crippen molar-refractivity contribution < 1.29 is 0 Å². The highest BCUT2D eigenvalue weighted by atomic mass is 14.8. The molecular weight excluding hydrogens is 352 g/mol. The lowest BCUT2D eigenvalue weighted by molar-refractivity contribution is 0.826. The number of benzene rings is 4. The first-order valence-corrected chi connectivity index (χ1v) is 10.1. The van der Waals surface area contributed by atoms with Crippen molar-refractivity contribution in [3.8, 4) is 22.4 Å². The molecule has 0 saturated heterocycles. The summed E-state index contributed by atoms with van der Waals surface area (Å²) in [5.74, 6) is 0.275. The lowest BCUT2D eigenvalue weighted by Gasteiger charge is -2.16. The van der Waals surface area contributed by atoms with Crippen molar-refractivity contribution in [2.75, 3.05) is 0 Å². The summed E-state index contributed by atoms with van der Waals surface area (Å²) in [6.45, 7) is 4.37.